The van der Waals surface area contributed by atoms with Gasteiger partial charge in [-0.05, 0) is 19.1 Å². The number of carbonyl (C=O) groups excluding carboxylic acids is 1. The second kappa shape index (κ2) is 6.06. The Labute approximate surface area is 103 Å². The molecule has 0 aliphatic heterocycles. The van der Waals surface area contributed by atoms with Gasteiger partial charge in [0, 0.05) is 10.6 Å². The number of hydrogen-bond donors (Lipinski definition) is 1. The Morgan fingerprint density at radius 1 is 1.53 bits per heavy atom. The highest BCUT2D eigenvalue weighted by Gasteiger charge is 2.12. The fourth-order valence-corrected chi connectivity index (χ4v) is 1.96. The molecule has 0 unspecified atom stereocenters. The third-order valence-corrected chi connectivity index (χ3v) is 3.03. The molecule has 0 radical (unpaired) electrons. The molecule has 1 rings (SSSR count). The average Bonchev–Trinajstić information content (AvgIpc) is 2.28. The van der Waals surface area contributed by atoms with Crippen LogP contribution in [0.25, 0.3) is 0 Å². The third kappa shape index (κ3) is 3.61. The lowest BCUT2D eigenvalue weighted by molar-refractivity contribution is -0.112. The number of ketones is 1. The lowest BCUT2D eigenvalue weighted by atomic mass is 10.2. The van der Waals surface area contributed by atoms with E-state index in [9.17, 15) is 9.18 Å². The van der Waals surface area contributed by atoms with Gasteiger partial charge in [0.1, 0.15) is 17.5 Å². The number of nitrogens with two attached hydrogens (primary N) is 1. The van der Waals surface area contributed by atoms with Crippen molar-refractivity contribution in [2.24, 2.45) is 5.73 Å². The zero-order chi connectivity index (χ0) is 12.8. The molecule has 0 saturated heterocycles. The highest BCUT2D eigenvalue weighted by molar-refractivity contribution is 8.00. The molecule has 0 aliphatic carbocycles. The van der Waals surface area contributed by atoms with Crippen LogP contribution < -0.4 is 5.73 Å². The Hall–Kier alpha value is -1.80. The van der Waals surface area contributed by atoms with Gasteiger partial charge in [-0.3, -0.25) is 4.79 Å². The van der Waals surface area contributed by atoms with Gasteiger partial charge in [-0.25, -0.2) is 4.39 Å². The largest absolute Gasteiger partial charge is 0.401 e. The fourth-order valence-electron chi connectivity index (χ4n) is 1.15. The maximum atomic E-state index is 13.2. The molecule has 1 aromatic rings. The van der Waals surface area contributed by atoms with Crippen LogP contribution in [0.1, 0.15) is 6.92 Å². The molecule has 0 fully saturated rings. The van der Waals surface area contributed by atoms with Crippen LogP contribution in [-0.4, -0.2) is 11.5 Å². The molecule has 17 heavy (non-hydrogen) atoms. The molecular weight excluding hydrogens is 239 g/mol. The highest BCUT2D eigenvalue weighted by atomic mass is 32.2. The number of allylic oxidation sites excluding steroid dienone is 2. The van der Waals surface area contributed by atoms with Crippen LogP contribution in [0, 0.1) is 17.1 Å². The first kappa shape index (κ1) is 13.3. The van der Waals surface area contributed by atoms with Crippen molar-refractivity contribution in [1.82, 2.24) is 0 Å². The topological polar surface area (TPSA) is 66.9 Å². The Morgan fingerprint density at radius 3 is 2.71 bits per heavy atom. The lowest BCUT2D eigenvalue weighted by Crippen LogP contribution is -2.10. The molecule has 5 heteroatoms. The van der Waals surface area contributed by atoms with Gasteiger partial charge in [-0.15, -0.1) is 11.8 Å². The van der Waals surface area contributed by atoms with E-state index in [-0.39, 0.29) is 28.6 Å². The van der Waals surface area contributed by atoms with Crippen molar-refractivity contribution in [1.29, 1.82) is 5.26 Å². The van der Waals surface area contributed by atoms with E-state index in [0.717, 1.165) is 11.8 Å². The number of benzene rings is 1. The summed E-state index contributed by atoms with van der Waals surface area (Å²) in [5.74, 6) is -0.767. The zero-order valence-electron chi connectivity index (χ0n) is 9.24. The van der Waals surface area contributed by atoms with Crippen molar-refractivity contribution in [3.8, 4) is 6.07 Å². The second-order valence-corrected chi connectivity index (χ2v) is 4.33. The Morgan fingerprint density at radius 2 is 2.18 bits per heavy atom. The van der Waals surface area contributed by atoms with E-state index in [1.165, 1.54) is 13.0 Å². The minimum absolute atomic E-state index is 0.00162. The summed E-state index contributed by atoms with van der Waals surface area (Å²) in [6, 6.07) is 7.91. The van der Waals surface area contributed by atoms with E-state index in [1.54, 1.807) is 24.3 Å². The van der Waals surface area contributed by atoms with Crippen LogP contribution in [-0.2, 0) is 4.79 Å². The van der Waals surface area contributed by atoms with Gasteiger partial charge in [0.2, 0.25) is 0 Å². The summed E-state index contributed by atoms with van der Waals surface area (Å²) >= 11 is 1.05. The van der Waals surface area contributed by atoms with E-state index in [2.05, 4.69) is 0 Å². The quantitative estimate of drug-likeness (QED) is 0.505. The number of rotatable bonds is 4. The van der Waals surface area contributed by atoms with E-state index in [0.29, 0.717) is 4.90 Å². The molecule has 0 bridgehead atoms. The van der Waals surface area contributed by atoms with Crippen molar-refractivity contribution in [3.05, 3.63) is 41.4 Å². The molecular formula is C12H11FN2OS. The minimum atomic E-state index is -0.388. The molecule has 2 N–H and O–H groups in total. The summed E-state index contributed by atoms with van der Waals surface area (Å²) < 4.78 is 13.2. The van der Waals surface area contributed by atoms with E-state index < -0.39 is 0 Å². The van der Waals surface area contributed by atoms with Crippen molar-refractivity contribution in [2.45, 2.75) is 11.8 Å². The number of nitrogens with zero attached hydrogens (tertiary/aromatic N) is 1. The monoisotopic (exact) mass is 250 g/mol. The van der Waals surface area contributed by atoms with Crippen molar-refractivity contribution in [2.75, 3.05) is 5.75 Å². The van der Waals surface area contributed by atoms with Crippen LogP contribution >= 0.6 is 11.8 Å². The summed E-state index contributed by atoms with van der Waals surface area (Å²) in [7, 11) is 0. The Bertz CT molecular complexity index is 501. The minimum Gasteiger partial charge on any atom is -0.401 e. The van der Waals surface area contributed by atoms with Gasteiger partial charge >= 0.3 is 0 Å². The van der Waals surface area contributed by atoms with Gasteiger partial charge in [0.25, 0.3) is 0 Å². The third-order valence-electron chi connectivity index (χ3n) is 1.98. The van der Waals surface area contributed by atoms with Crippen LogP contribution in [0.5, 0.6) is 0 Å². The predicted molar refractivity (Wildman–Crippen MR) is 64.6 cm³/mol. The normalized spacial score (nSPS) is 11.6. The SMILES string of the molecule is C/C(N)=C(\C#N)C(=O)CSc1ccccc1F. The second-order valence-electron chi connectivity index (χ2n) is 3.31. The van der Waals surface area contributed by atoms with Gasteiger partial charge < -0.3 is 5.73 Å². The number of nitriles is 1. The molecule has 0 aromatic heterocycles. The number of halogens is 1. The summed E-state index contributed by atoms with van der Waals surface area (Å²) in [6.07, 6.45) is 0. The molecule has 0 amide bonds. The molecule has 88 valence electrons. The van der Waals surface area contributed by atoms with Crippen molar-refractivity contribution < 1.29 is 9.18 Å². The molecule has 1 aromatic carbocycles. The number of Topliss-reactive ketones (excluding diaryl/α,β-unsaturated/α-hetero) is 1. The van der Waals surface area contributed by atoms with E-state index in [1.807, 2.05) is 0 Å². The average molecular weight is 250 g/mol. The molecule has 0 spiro atoms. The molecule has 0 aliphatic rings. The van der Waals surface area contributed by atoms with Crippen LogP contribution in [0.2, 0.25) is 0 Å². The number of thioether (sulfide) groups is 1. The number of carbonyl (C=O) groups is 1. The summed E-state index contributed by atoms with van der Waals surface area (Å²) in [4.78, 5) is 12.0. The highest BCUT2D eigenvalue weighted by Crippen LogP contribution is 2.22. The first-order valence-corrected chi connectivity index (χ1v) is 5.81. The molecule has 0 saturated carbocycles. The van der Waals surface area contributed by atoms with E-state index in [4.69, 9.17) is 11.0 Å². The molecule has 3 nitrogen and oxygen atoms in total. The Kier molecular flexibility index (Phi) is 4.73. The fraction of sp³-hybridized carbons (Fsp3) is 0.167. The van der Waals surface area contributed by atoms with Crippen LogP contribution in [0.4, 0.5) is 4.39 Å². The van der Waals surface area contributed by atoms with Crippen LogP contribution in [0.15, 0.2) is 40.4 Å². The predicted octanol–water partition coefficient (Wildman–Crippen LogP) is 2.24. The first-order chi connectivity index (χ1) is 8.06. The van der Waals surface area contributed by atoms with E-state index >= 15 is 0 Å². The lowest BCUT2D eigenvalue weighted by Gasteiger charge is -2.02. The maximum Gasteiger partial charge on any atom is 0.185 e. The summed E-state index contributed by atoms with van der Waals surface area (Å²) in [5, 5.41) is 8.73. The Balaban J connectivity index is 2.71. The smallest absolute Gasteiger partial charge is 0.185 e. The maximum absolute atomic E-state index is 13.2. The van der Waals surface area contributed by atoms with Crippen LogP contribution in [0.3, 0.4) is 0 Å². The van der Waals surface area contributed by atoms with Gasteiger partial charge in [0.15, 0.2) is 5.78 Å². The van der Waals surface area contributed by atoms with Gasteiger partial charge in [0.05, 0.1) is 5.75 Å². The van der Waals surface area contributed by atoms with Crippen molar-refractivity contribution in [3.63, 3.8) is 0 Å². The number of hydrogen-bond acceptors (Lipinski definition) is 4. The molecule has 0 atom stereocenters. The summed E-state index contributed by atoms with van der Waals surface area (Å²) in [5.41, 5.74) is 5.53. The van der Waals surface area contributed by atoms with Crippen molar-refractivity contribution >= 4 is 17.5 Å². The van der Waals surface area contributed by atoms with Gasteiger partial charge in [-0.1, -0.05) is 12.1 Å². The zero-order valence-corrected chi connectivity index (χ0v) is 10.1. The molecule has 0 heterocycles. The first-order valence-electron chi connectivity index (χ1n) is 4.83. The van der Waals surface area contributed by atoms with Gasteiger partial charge in [-0.2, -0.15) is 5.26 Å². The summed E-state index contributed by atoms with van der Waals surface area (Å²) in [6.45, 7) is 1.49. The standard InChI is InChI=1S/C12H11FN2OS/c1-8(15)9(6-14)11(16)7-17-12-5-3-2-4-10(12)13/h2-5H,7,15H2,1H3/b9-8-.